The van der Waals surface area contributed by atoms with Crippen LogP contribution in [0.3, 0.4) is 0 Å². The summed E-state index contributed by atoms with van der Waals surface area (Å²) in [7, 11) is 0. The van der Waals surface area contributed by atoms with Crippen LogP contribution in [0.5, 0.6) is 0 Å². The summed E-state index contributed by atoms with van der Waals surface area (Å²) in [6.07, 6.45) is 5.32. The van der Waals surface area contributed by atoms with Crippen LogP contribution in [0.2, 0.25) is 0 Å². The Morgan fingerprint density at radius 3 is 2.47 bits per heavy atom. The molecule has 2 nitrogen and oxygen atoms in total. The summed E-state index contributed by atoms with van der Waals surface area (Å²) in [6, 6.07) is 8.37. The van der Waals surface area contributed by atoms with Gasteiger partial charge >= 0.3 is 0 Å². The van der Waals surface area contributed by atoms with Gasteiger partial charge in [0, 0.05) is 11.5 Å². The smallest absolute Gasteiger partial charge is 0.165 e. The van der Waals surface area contributed by atoms with Crippen molar-refractivity contribution in [2.24, 2.45) is 5.92 Å². The fourth-order valence-corrected chi connectivity index (χ4v) is 2.75. The Bertz CT molecular complexity index is 449. The lowest BCUT2D eigenvalue weighted by Gasteiger charge is -2.15. The molecule has 0 N–H and O–H groups in total. The van der Waals surface area contributed by atoms with Gasteiger partial charge in [0.25, 0.3) is 0 Å². The average molecular weight is 228 g/mol. The standard InChI is InChI=1S/C15H16O2/c16-15(13-6-3-7-17-10-13)14-8-11-4-1-2-5-12(11)9-14/h1-2,4-5,10,14H,3,6-9H2. The van der Waals surface area contributed by atoms with Crippen molar-refractivity contribution in [3.63, 3.8) is 0 Å². The van der Waals surface area contributed by atoms with Crippen LogP contribution in [0.4, 0.5) is 0 Å². The van der Waals surface area contributed by atoms with Crippen molar-refractivity contribution >= 4 is 5.78 Å². The highest BCUT2D eigenvalue weighted by atomic mass is 16.5. The monoisotopic (exact) mass is 228 g/mol. The Hall–Kier alpha value is -1.57. The number of carbonyl (C=O) groups is 1. The summed E-state index contributed by atoms with van der Waals surface area (Å²) in [5, 5.41) is 0. The molecule has 0 amide bonds. The molecule has 1 aromatic rings. The molecule has 0 saturated heterocycles. The average Bonchev–Trinajstić information content (AvgIpc) is 2.82. The Labute approximate surface area is 101 Å². The van der Waals surface area contributed by atoms with Crippen molar-refractivity contribution in [2.75, 3.05) is 6.61 Å². The van der Waals surface area contributed by atoms with Crippen molar-refractivity contribution < 1.29 is 9.53 Å². The molecule has 1 heterocycles. The van der Waals surface area contributed by atoms with Gasteiger partial charge in [-0.2, -0.15) is 0 Å². The number of hydrogen-bond donors (Lipinski definition) is 0. The molecule has 0 bridgehead atoms. The Morgan fingerprint density at radius 1 is 1.18 bits per heavy atom. The molecule has 2 heteroatoms. The highest BCUT2D eigenvalue weighted by Crippen LogP contribution is 2.30. The Balaban J connectivity index is 1.76. The zero-order valence-corrected chi connectivity index (χ0v) is 9.82. The van der Waals surface area contributed by atoms with Crippen molar-refractivity contribution in [1.29, 1.82) is 0 Å². The number of benzene rings is 1. The fraction of sp³-hybridized carbons (Fsp3) is 0.400. The van der Waals surface area contributed by atoms with Crippen LogP contribution in [0, 0.1) is 5.92 Å². The molecular formula is C15H16O2. The lowest BCUT2D eigenvalue weighted by Crippen LogP contribution is -2.19. The molecule has 1 aromatic carbocycles. The number of hydrogen-bond acceptors (Lipinski definition) is 2. The molecule has 0 fully saturated rings. The Morgan fingerprint density at radius 2 is 1.88 bits per heavy atom. The first-order chi connectivity index (χ1) is 8.34. The first-order valence-corrected chi connectivity index (χ1v) is 6.26. The van der Waals surface area contributed by atoms with E-state index in [1.54, 1.807) is 6.26 Å². The Kier molecular flexibility index (Phi) is 2.71. The quantitative estimate of drug-likeness (QED) is 0.778. The van der Waals surface area contributed by atoms with E-state index in [-0.39, 0.29) is 5.92 Å². The molecule has 0 unspecified atom stereocenters. The molecular weight excluding hydrogens is 212 g/mol. The summed E-state index contributed by atoms with van der Waals surface area (Å²) in [4.78, 5) is 12.3. The van der Waals surface area contributed by atoms with Gasteiger partial charge in [0.15, 0.2) is 5.78 Å². The number of ketones is 1. The second-order valence-corrected chi connectivity index (χ2v) is 4.86. The van der Waals surface area contributed by atoms with E-state index in [2.05, 4.69) is 24.3 Å². The normalized spacial score (nSPS) is 19.4. The van der Waals surface area contributed by atoms with E-state index < -0.39 is 0 Å². The van der Waals surface area contributed by atoms with Crippen molar-refractivity contribution in [3.8, 4) is 0 Å². The molecule has 17 heavy (non-hydrogen) atoms. The van der Waals surface area contributed by atoms with Gasteiger partial charge in [0.2, 0.25) is 0 Å². The lowest BCUT2D eigenvalue weighted by molar-refractivity contribution is -0.119. The van der Waals surface area contributed by atoms with Crippen LogP contribution in [0.1, 0.15) is 24.0 Å². The second kappa shape index (κ2) is 4.36. The fourth-order valence-electron chi connectivity index (χ4n) is 2.75. The van der Waals surface area contributed by atoms with Crippen molar-refractivity contribution in [1.82, 2.24) is 0 Å². The van der Waals surface area contributed by atoms with Gasteiger partial charge in [-0.3, -0.25) is 4.79 Å². The number of rotatable bonds is 2. The number of fused-ring (bicyclic) bond motifs is 1. The van der Waals surface area contributed by atoms with E-state index in [0.29, 0.717) is 5.78 Å². The summed E-state index contributed by atoms with van der Waals surface area (Å²) in [5.41, 5.74) is 3.56. The minimum Gasteiger partial charge on any atom is -0.501 e. The van der Waals surface area contributed by atoms with Crippen LogP contribution in [-0.2, 0) is 22.4 Å². The molecule has 88 valence electrons. The summed E-state index contributed by atoms with van der Waals surface area (Å²) < 4.78 is 5.26. The molecule has 0 saturated carbocycles. The van der Waals surface area contributed by atoms with E-state index in [1.807, 2.05) is 0 Å². The van der Waals surface area contributed by atoms with Gasteiger partial charge in [-0.1, -0.05) is 24.3 Å². The van der Waals surface area contributed by atoms with E-state index >= 15 is 0 Å². The first kappa shape index (κ1) is 10.6. The highest BCUT2D eigenvalue weighted by Gasteiger charge is 2.29. The van der Waals surface area contributed by atoms with Gasteiger partial charge in [-0.15, -0.1) is 0 Å². The van der Waals surface area contributed by atoms with Crippen LogP contribution in [-0.4, -0.2) is 12.4 Å². The molecule has 1 aliphatic heterocycles. The maximum Gasteiger partial charge on any atom is 0.165 e. The van der Waals surface area contributed by atoms with Crippen LogP contribution in [0.15, 0.2) is 36.1 Å². The first-order valence-electron chi connectivity index (χ1n) is 6.26. The van der Waals surface area contributed by atoms with Crippen LogP contribution < -0.4 is 0 Å². The summed E-state index contributed by atoms with van der Waals surface area (Å²) in [5.74, 6) is 0.432. The molecule has 0 spiro atoms. The van der Waals surface area contributed by atoms with E-state index in [4.69, 9.17) is 4.74 Å². The highest BCUT2D eigenvalue weighted by molar-refractivity contribution is 5.97. The van der Waals surface area contributed by atoms with E-state index in [1.165, 1.54) is 11.1 Å². The molecule has 3 rings (SSSR count). The van der Waals surface area contributed by atoms with Gasteiger partial charge in [-0.25, -0.2) is 0 Å². The molecule has 1 aliphatic carbocycles. The number of ether oxygens (including phenoxy) is 1. The van der Waals surface area contributed by atoms with E-state index in [9.17, 15) is 4.79 Å². The zero-order chi connectivity index (χ0) is 11.7. The zero-order valence-electron chi connectivity index (χ0n) is 9.82. The number of carbonyl (C=O) groups excluding carboxylic acids is 1. The van der Waals surface area contributed by atoms with E-state index in [0.717, 1.165) is 37.9 Å². The maximum absolute atomic E-state index is 12.3. The van der Waals surface area contributed by atoms with Crippen LogP contribution >= 0.6 is 0 Å². The van der Waals surface area contributed by atoms with Crippen molar-refractivity contribution in [3.05, 3.63) is 47.2 Å². The molecule has 0 radical (unpaired) electrons. The SMILES string of the molecule is O=C(C1=COCCC1)C1Cc2ccccc2C1. The molecule has 0 atom stereocenters. The number of Topliss-reactive ketones (excluding diaryl/α,β-unsaturated/α-hetero) is 1. The second-order valence-electron chi connectivity index (χ2n) is 4.86. The minimum absolute atomic E-state index is 0.139. The largest absolute Gasteiger partial charge is 0.501 e. The predicted molar refractivity (Wildman–Crippen MR) is 65.6 cm³/mol. The van der Waals surface area contributed by atoms with Gasteiger partial charge < -0.3 is 4.74 Å². The maximum atomic E-state index is 12.3. The number of allylic oxidation sites excluding steroid dienone is 1. The molecule has 2 aliphatic rings. The third-order valence-corrected chi connectivity index (χ3v) is 3.67. The predicted octanol–water partition coefficient (Wildman–Crippen LogP) is 2.66. The van der Waals surface area contributed by atoms with Gasteiger partial charge in [0.05, 0.1) is 12.9 Å². The third kappa shape index (κ3) is 1.99. The summed E-state index contributed by atoms with van der Waals surface area (Å²) in [6.45, 7) is 0.752. The van der Waals surface area contributed by atoms with Gasteiger partial charge in [0.1, 0.15) is 0 Å². The summed E-state index contributed by atoms with van der Waals surface area (Å²) >= 11 is 0. The minimum atomic E-state index is 0.139. The van der Waals surface area contributed by atoms with Crippen LogP contribution in [0.25, 0.3) is 0 Å². The topological polar surface area (TPSA) is 26.3 Å². The lowest BCUT2D eigenvalue weighted by atomic mass is 9.92. The third-order valence-electron chi connectivity index (χ3n) is 3.67. The molecule has 0 aromatic heterocycles. The van der Waals surface area contributed by atoms with Crippen molar-refractivity contribution in [2.45, 2.75) is 25.7 Å². The van der Waals surface area contributed by atoms with Gasteiger partial charge in [-0.05, 0) is 36.8 Å².